The monoisotopic (exact) mass is 380 g/mol. The van der Waals surface area contributed by atoms with Crippen molar-refractivity contribution in [2.75, 3.05) is 0 Å². The first-order chi connectivity index (χ1) is 12.6. The van der Waals surface area contributed by atoms with Gasteiger partial charge in [-0.05, 0) is 30.2 Å². The molecule has 0 unspecified atom stereocenters. The Balaban J connectivity index is 2.09. The molecule has 0 aromatic heterocycles. The van der Waals surface area contributed by atoms with Crippen LogP contribution in [0.2, 0.25) is 0 Å². The van der Waals surface area contributed by atoms with Crippen LogP contribution in [0.3, 0.4) is 0 Å². The van der Waals surface area contributed by atoms with Crippen LogP contribution in [0.15, 0.2) is 48.5 Å². The SMILES string of the molecule is Cc1cccc(C[C@@H](NC(=O)[C@@H](O)c2ccc(C(F)(F)F)cc2)C(N)=O)c1. The minimum Gasteiger partial charge on any atom is -0.378 e. The molecular weight excluding hydrogens is 361 g/mol. The predicted octanol–water partition coefficient (Wildman–Crippen LogP) is 2.26. The molecule has 4 N–H and O–H groups in total. The zero-order valence-corrected chi connectivity index (χ0v) is 14.5. The Kier molecular flexibility index (Phi) is 6.22. The summed E-state index contributed by atoms with van der Waals surface area (Å²) in [4.78, 5) is 23.8. The van der Waals surface area contributed by atoms with E-state index in [1.807, 2.05) is 19.1 Å². The first kappa shape index (κ1) is 20.4. The molecule has 0 radical (unpaired) electrons. The Morgan fingerprint density at radius 1 is 1.15 bits per heavy atom. The lowest BCUT2D eigenvalue weighted by molar-refractivity contribution is -0.137. The number of carbonyl (C=O) groups excluding carboxylic acids is 2. The molecule has 0 aliphatic heterocycles. The maximum absolute atomic E-state index is 12.6. The third kappa shape index (κ3) is 5.55. The zero-order valence-electron chi connectivity index (χ0n) is 14.5. The van der Waals surface area contributed by atoms with Gasteiger partial charge in [0.2, 0.25) is 5.91 Å². The highest BCUT2D eigenvalue weighted by atomic mass is 19.4. The molecule has 2 atom stereocenters. The van der Waals surface area contributed by atoms with E-state index in [2.05, 4.69) is 5.32 Å². The van der Waals surface area contributed by atoms with E-state index < -0.39 is 35.7 Å². The normalized spacial score (nSPS) is 13.7. The van der Waals surface area contributed by atoms with Crippen molar-refractivity contribution in [3.8, 4) is 0 Å². The van der Waals surface area contributed by atoms with E-state index in [9.17, 15) is 27.9 Å². The second kappa shape index (κ2) is 8.22. The molecule has 2 aromatic carbocycles. The summed E-state index contributed by atoms with van der Waals surface area (Å²) in [5.74, 6) is -1.71. The Bertz CT molecular complexity index is 820. The van der Waals surface area contributed by atoms with Crippen molar-refractivity contribution in [1.82, 2.24) is 5.32 Å². The minimum absolute atomic E-state index is 0.0284. The van der Waals surface area contributed by atoms with E-state index in [-0.39, 0.29) is 12.0 Å². The minimum atomic E-state index is -4.52. The quantitative estimate of drug-likeness (QED) is 0.718. The van der Waals surface area contributed by atoms with Crippen LogP contribution in [0.25, 0.3) is 0 Å². The zero-order chi connectivity index (χ0) is 20.2. The van der Waals surface area contributed by atoms with Crippen LogP contribution in [0, 0.1) is 6.92 Å². The molecule has 0 heterocycles. The van der Waals surface area contributed by atoms with Gasteiger partial charge in [-0.2, -0.15) is 13.2 Å². The first-order valence-corrected chi connectivity index (χ1v) is 8.08. The molecule has 2 rings (SSSR count). The number of alkyl halides is 3. The van der Waals surface area contributed by atoms with Crippen LogP contribution in [0.1, 0.15) is 28.4 Å². The summed E-state index contributed by atoms with van der Waals surface area (Å²) in [6.07, 6.45) is -6.12. The fourth-order valence-electron chi connectivity index (χ4n) is 2.55. The maximum atomic E-state index is 12.6. The van der Waals surface area contributed by atoms with Gasteiger partial charge in [0.05, 0.1) is 5.56 Å². The molecule has 2 amide bonds. The topological polar surface area (TPSA) is 92.4 Å². The number of halogens is 3. The molecule has 0 bridgehead atoms. The number of aliphatic hydroxyl groups is 1. The van der Waals surface area contributed by atoms with Gasteiger partial charge in [-0.3, -0.25) is 9.59 Å². The molecule has 0 aliphatic rings. The Morgan fingerprint density at radius 2 is 1.78 bits per heavy atom. The summed E-state index contributed by atoms with van der Waals surface area (Å²) in [5.41, 5.74) is 6.13. The van der Waals surface area contributed by atoms with Crippen LogP contribution in [-0.4, -0.2) is 23.0 Å². The molecule has 0 saturated heterocycles. The number of rotatable bonds is 6. The lowest BCUT2D eigenvalue weighted by Crippen LogP contribution is -2.47. The molecule has 0 fully saturated rings. The van der Waals surface area contributed by atoms with E-state index in [4.69, 9.17) is 5.73 Å². The van der Waals surface area contributed by atoms with Crippen molar-refractivity contribution in [1.29, 1.82) is 0 Å². The van der Waals surface area contributed by atoms with E-state index in [1.54, 1.807) is 12.1 Å². The van der Waals surface area contributed by atoms with Crippen molar-refractivity contribution in [3.63, 3.8) is 0 Å². The summed E-state index contributed by atoms with van der Waals surface area (Å²) in [6, 6.07) is 9.74. The van der Waals surface area contributed by atoms with Crippen molar-refractivity contribution >= 4 is 11.8 Å². The summed E-state index contributed by atoms with van der Waals surface area (Å²) >= 11 is 0. The van der Waals surface area contributed by atoms with Crippen molar-refractivity contribution < 1.29 is 27.9 Å². The molecule has 0 spiro atoms. The number of aryl methyl sites for hydroxylation is 1. The molecule has 0 aliphatic carbocycles. The molecule has 5 nitrogen and oxygen atoms in total. The standard InChI is InChI=1S/C19H19F3N2O3/c1-11-3-2-4-12(9-11)10-15(17(23)26)24-18(27)16(25)13-5-7-14(8-6-13)19(20,21)22/h2-9,15-16,25H,10H2,1H3,(H2,23,26)(H,24,27)/t15-,16+/m1/s1. The van der Waals surface area contributed by atoms with Gasteiger partial charge >= 0.3 is 6.18 Å². The smallest absolute Gasteiger partial charge is 0.378 e. The third-order valence-electron chi connectivity index (χ3n) is 3.98. The number of hydrogen-bond acceptors (Lipinski definition) is 3. The summed E-state index contributed by atoms with van der Waals surface area (Å²) in [5, 5.41) is 12.4. The number of nitrogens with two attached hydrogens (primary N) is 1. The largest absolute Gasteiger partial charge is 0.416 e. The number of hydrogen-bond donors (Lipinski definition) is 3. The number of aliphatic hydroxyl groups excluding tert-OH is 1. The number of amides is 2. The number of carbonyl (C=O) groups is 2. The molecule has 0 saturated carbocycles. The van der Waals surface area contributed by atoms with Gasteiger partial charge in [0.15, 0.2) is 6.10 Å². The van der Waals surface area contributed by atoms with Gasteiger partial charge in [-0.1, -0.05) is 42.0 Å². The summed E-state index contributed by atoms with van der Waals surface area (Å²) < 4.78 is 37.7. The van der Waals surface area contributed by atoms with Crippen molar-refractivity contribution in [3.05, 3.63) is 70.8 Å². The molecule has 2 aromatic rings. The van der Waals surface area contributed by atoms with Crippen LogP contribution in [0.4, 0.5) is 13.2 Å². The van der Waals surface area contributed by atoms with Crippen molar-refractivity contribution in [2.24, 2.45) is 5.73 Å². The van der Waals surface area contributed by atoms with Crippen LogP contribution in [-0.2, 0) is 22.2 Å². The van der Waals surface area contributed by atoms with Crippen LogP contribution >= 0.6 is 0 Å². The van der Waals surface area contributed by atoms with Crippen LogP contribution in [0.5, 0.6) is 0 Å². The van der Waals surface area contributed by atoms with Gasteiger partial charge < -0.3 is 16.2 Å². The molecular formula is C19H19F3N2O3. The molecule has 144 valence electrons. The Labute approximate surface area is 154 Å². The predicted molar refractivity (Wildman–Crippen MR) is 92.4 cm³/mol. The Hall–Kier alpha value is -2.87. The van der Waals surface area contributed by atoms with E-state index in [0.717, 1.165) is 35.4 Å². The first-order valence-electron chi connectivity index (χ1n) is 8.08. The maximum Gasteiger partial charge on any atom is 0.416 e. The van der Waals surface area contributed by atoms with Gasteiger partial charge in [0, 0.05) is 6.42 Å². The molecule has 8 heteroatoms. The third-order valence-corrected chi connectivity index (χ3v) is 3.98. The van der Waals surface area contributed by atoms with Gasteiger partial charge in [0.25, 0.3) is 5.91 Å². The van der Waals surface area contributed by atoms with E-state index in [0.29, 0.717) is 0 Å². The summed E-state index contributed by atoms with van der Waals surface area (Å²) in [7, 11) is 0. The fourth-order valence-corrected chi connectivity index (χ4v) is 2.55. The van der Waals surface area contributed by atoms with Gasteiger partial charge in [-0.15, -0.1) is 0 Å². The van der Waals surface area contributed by atoms with E-state index >= 15 is 0 Å². The molecule has 27 heavy (non-hydrogen) atoms. The highest BCUT2D eigenvalue weighted by Crippen LogP contribution is 2.30. The van der Waals surface area contributed by atoms with Gasteiger partial charge in [0.1, 0.15) is 6.04 Å². The summed E-state index contributed by atoms with van der Waals surface area (Å²) in [6.45, 7) is 1.87. The number of nitrogens with one attached hydrogen (secondary N) is 1. The lowest BCUT2D eigenvalue weighted by Gasteiger charge is -2.19. The van der Waals surface area contributed by atoms with Gasteiger partial charge in [-0.25, -0.2) is 0 Å². The number of primary amides is 1. The average Bonchev–Trinajstić information content (AvgIpc) is 2.59. The van der Waals surface area contributed by atoms with Crippen LogP contribution < -0.4 is 11.1 Å². The Morgan fingerprint density at radius 3 is 2.30 bits per heavy atom. The second-order valence-electron chi connectivity index (χ2n) is 6.18. The highest BCUT2D eigenvalue weighted by Gasteiger charge is 2.31. The second-order valence-corrected chi connectivity index (χ2v) is 6.18. The lowest BCUT2D eigenvalue weighted by atomic mass is 10.0. The van der Waals surface area contributed by atoms with Crippen molar-refractivity contribution in [2.45, 2.75) is 31.7 Å². The van der Waals surface area contributed by atoms with E-state index in [1.165, 1.54) is 0 Å². The highest BCUT2D eigenvalue weighted by molar-refractivity contribution is 5.89. The average molecular weight is 380 g/mol. The number of benzene rings is 2. The fraction of sp³-hybridized carbons (Fsp3) is 0.263.